The second-order valence-corrected chi connectivity index (χ2v) is 5.83. The number of aliphatic carboxylic acids is 1. The molecule has 0 bridgehead atoms. The molecule has 0 aromatic heterocycles. The number of rotatable bonds is 4. The van der Waals surface area contributed by atoms with Crippen LogP contribution in [0.15, 0.2) is 46.9 Å². The Kier molecular flexibility index (Phi) is 4.91. The van der Waals surface area contributed by atoms with E-state index in [1.54, 1.807) is 30.3 Å². The third-order valence-electron chi connectivity index (χ3n) is 2.68. The van der Waals surface area contributed by atoms with Crippen LogP contribution in [0.3, 0.4) is 0 Å². The van der Waals surface area contributed by atoms with Crippen molar-refractivity contribution >= 4 is 50.8 Å². The van der Waals surface area contributed by atoms with Gasteiger partial charge in [0.1, 0.15) is 0 Å². The minimum Gasteiger partial charge on any atom is -0.479 e. The molecule has 1 atom stereocenters. The third kappa shape index (κ3) is 3.66. The Labute approximate surface area is 134 Å². The molecular formula is C14H10BrCl2NO2. The number of hydrogen-bond acceptors (Lipinski definition) is 2. The maximum atomic E-state index is 11.4. The summed E-state index contributed by atoms with van der Waals surface area (Å²) >= 11 is 15.1. The van der Waals surface area contributed by atoms with Crippen LogP contribution in [0.2, 0.25) is 10.0 Å². The highest BCUT2D eigenvalue weighted by Gasteiger charge is 2.20. The maximum Gasteiger partial charge on any atom is 0.330 e. The molecule has 0 aliphatic heterocycles. The summed E-state index contributed by atoms with van der Waals surface area (Å²) in [5.74, 6) is -0.994. The van der Waals surface area contributed by atoms with E-state index in [4.69, 9.17) is 23.2 Å². The predicted octanol–water partition coefficient (Wildman–Crippen LogP) is 4.99. The van der Waals surface area contributed by atoms with E-state index in [2.05, 4.69) is 21.2 Å². The number of hydrogen-bond donors (Lipinski definition) is 2. The Bertz CT molecular complexity index is 632. The molecule has 2 N–H and O–H groups in total. The molecule has 6 heteroatoms. The van der Waals surface area contributed by atoms with E-state index in [0.29, 0.717) is 21.3 Å². The quantitative estimate of drug-likeness (QED) is 0.792. The highest BCUT2D eigenvalue weighted by molar-refractivity contribution is 9.10. The van der Waals surface area contributed by atoms with Crippen LogP contribution in [-0.2, 0) is 4.79 Å². The fourth-order valence-corrected chi connectivity index (χ4v) is 2.26. The van der Waals surface area contributed by atoms with Crippen LogP contribution in [0.5, 0.6) is 0 Å². The molecule has 0 heterocycles. The van der Waals surface area contributed by atoms with E-state index in [1.807, 2.05) is 12.1 Å². The molecule has 2 aromatic carbocycles. The van der Waals surface area contributed by atoms with Crippen molar-refractivity contribution in [2.45, 2.75) is 6.04 Å². The minimum absolute atomic E-state index is 0.327. The number of carboxylic acids is 1. The molecule has 104 valence electrons. The van der Waals surface area contributed by atoms with Crippen LogP contribution in [0.25, 0.3) is 0 Å². The van der Waals surface area contributed by atoms with Gasteiger partial charge in [-0.1, -0.05) is 45.2 Å². The average Bonchev–Trinajstić information content (AvgIpc) is 2.41. The first-order valence-electron chi connectivity index (χ1n) is 5.67. The fraction of sp³-hybridized carbons (Fsp3) is 0.0714. The normalized spacial score (nSPS) is 11.9. The molecule has 20 heavy (non-hydrogen) atoms. The van der Waals surface area contributed by atoms with Crippen molar-refractivity contribution in [3.63, 3.8) is 0 Å². The molecule has 2 rings (SSSR count). The summed E-state index contributed by atoms with van der Waals surface area (Å²) in [6, 6.07) is 11.1. The van der Waals surface area contributed by atoms with E-state index >= 15 is 0 Å². The van der Waals surface area contributed by atoms with Gasteiger partial charge in [0.2, 0.25) is 0 Å². The zero-order chi connectivity index (χ0) is 14.7. The second-order valence-electron chi connectivity index (χ2n) is 4.10. The Morgan fingerprint density at radius 3 is 2.30 bits per heavy atom. The zero-order valence-corrected chi connectivity index (χ0v) is 13.2. The summed E-state index contributed by atoms with van der Waals surface area (Å²) in [5, 5.41) is 13.0. The van der Waals surface area contributed by atoms with Crippen molar-refractivity contribution in [3.8, 4) is 0 Å². The van der Waals surface area contributed by atoms with E-state index in [0.717, 1.165) is 4.47 Å². The first-order valence-corrected chi connectivity index (χ1v) is 7.22. The first kappa shape index (κ1) is 15.2. The Morgan fingerprint density at radius 2 is 1.75 bits per heavy atom. The highest BCUT2D eigenvalue weighted by atomic mass is 79.9. The maximum absolute atomic E-state index is 11.4. The molecule has 2 aromatic rings. The lowest BCUT2D eigenvalue weighted by Gasteiger charge is -2.16. The average molecular weight is 375 g/mol. The number of nitrogens with one attached hydrogen (secondary N) is 1. The lowest BCUT2D eigenvalue weighted by atomic mass is 10.1. The summed E-state index contributed by atoms with van der Waals surface area (Å²) in [7, 11) is 0. The molecule has 0 aliphatic rings. The van der Waals surface area contributed by atoms with Crippen LogP contribution >= 0.6 is 39.1 Å². The van der Waals surface area contributed by atoms with Gasteiger partial charge in [-0.15, -0.1) is 0 Å². The van der Waals surface area contributed by atoms with Crippen LogP contribution in [-0.4, -0.2) is 11.1 Å². The number of carbonyl (C=O) groups is 1. The number of halogens is 3. The zero-order valence-electron chi connectivity index (χ0n) is 10.1. The van der Waals surface area contributed by atoms with E-state index in [-0.39, 0.29) is 0 Å². The Morgan fingerprint density at radius 1 is 1.10 bits per heavy atom. The van der Waals surface area contributed by atoms with E-state index in [9.17, 15) is 9.90 Å². The summed E-state index contributed by atoms with van der Waals surface area (Å²) in [5.41, 5.74) is 1.24. The van der Waals surface area contributed by atoms with E-state index in [1.165, 1.54) is 0 Å². The molecule has 0 fully saturated rings. The van der Waals surface area contributed by atoms with Gasteiger partial charge in [-0.25, -0.2) is 4.79 Å². The lowest BCUT2D eigenvalue weighted by molar-refractivity contribution is -0.138. The second kappa shape index (κ2) is 6.48. The van der Waals surface area contributed by atoms with Crippen LogP contribution < -0.4 is 5.32 Å². The van der Waals surface area contributed by atoms with Crippen molar-refractivity contribution in [2.24, 2.45) is 0 Å². The highest BCUT2D eigenvalue weighted by Crippen LogP contribution is 2.28. The number of benzene rings is 2. The van der Waals surface area contributed by atoms with Crippen LogP contribution in [0.4, 0.5) is 5.69 Å². The van der Waals surface area contributed by atoms with Crippen molar-refractivity contribution in [1.29, 1.82) is 0 Å². The molecule has 0 spiro atoms. The third-order valence-corrected chi connectivity index (χ3v) is 3.95. The van der Waals surface area contributed by atoms with Gasteiger partial charge in [-0.3, -0.25) is 0 Å². The lowest BCUT2D eigenvalue weighted by Crippen LogP contribution is -2.20. The summed E-state index contributed by atoms with van der Waals surface area (Å²) in [6.45, 7) is 0. The van der Waals surface area contributed by atoms with Crippen LogP contribution in [0, 0.1) is 0 Å². The molecule has 0 saturated carbocycles. The minimum atomic E-state index is -0.994. The smallest absolute Gasteiger partial charge is 0.330 e. The van der Waals surface area contributed by atoms with Gasteiger partial charge in [-0.2, -0.15) is 0 Å². The molecule has 0 amide bonds. The standard InChI is InChI=1S/C14H10BrCl2NO2/c15-9-2-4-10(5-3-9)18-13(14(19)20)8-1-6-11(16)12(17)7-8/h1-7,13,18H,(H,19,20). The Balaban J connectivity index is 2.29. The Hall–Kier alpha value is -1.23. The van der Waals surface area contributed by atoms with Gasteiger partial charge < -0.3 is 10.4 Å². The SMILES string of the molecule is O=C(O)C(Nc1ccc(Br)cc1)c1ccc(Cl)c(Cl)c1. The van der Waals surface area contributed by atoms with Crippen molar-refractivity contribution < 1.29 is 9.90 Å². The summed E-state index contributed by atoms with van der Waals surface area (Å²) < 4.78 is 0.921. The van der Waals surface area contributed by atoms with Gasteiger partial charge in [0.05, 0.1) is 10.0 Å². The number of anilines is 1. The van der Waals surface area contributed by atoms with Gasteiger partial charge in [-0.05, 0) is 42.0 Å². The molecule has 0 radical (unpaired) electrons. The van der Waals surface area contributed by atoms with E-state index < -0.39 is 12.0 Å². The molecule has 1 unspecified atom stereocenters. The van der Waals surface area contributed by atoms with Crippen molar-refractivity contribution in [3.05, 3.63) is 62.5 Å². The summed E-state index contributed by atoms with van der Waals surface area (Å²) in [4.78, 5) is 11.4. The molecular weight excluding hydrogens is 365 g/mol. The van der Waals surface area contributed by atoms with Gasteiger partial charge in [0.15, 0.2) is 6.04 Å². The van der Waals surface area contributed by atoms with Crippen molar-refractivity contribution in [1.82, 2.24) is 0 Å². The predicted molar refractivity (Wildman–Crippen MR) is 84.6 cm³/mol. The monoisotopic (exact) mass is 373 g/mol. The fourth-order valence-electron chi connectivity index (χ4n) is 1.69. The molecule has 0 saturated heterocycles. The van der Waals surface area contributed by atoms with Gasteiger partial charge in [0.25, 0.3) is 0 Å². The van der Waals surface area contributed by atoms with Gasteiger partial charge in [0, 0.05) is 10.2 Å². The largest absolute Gasteiger partial charge is 0.479 e. The first-order chi connectivity index (χ1) is 9.47. The summed E-state index contributed by atoms with van der Waals surface area (Å²) in [6.07, 6.45) is 0. The topological polar surface area (TPSA) is 49.3 Å². The van der Waals surface area contributed by atoms with Gasteiger partial charge >= 0.3 is 5.97 Å². The number of carboxylic acid groups (broad SMARTS) is 1. The molecule has 0 aliphatic carbocycles. The van der Waals surface area contributed by atoms with Crippen LogP contribution in [0.1, 0.15) is 11.6 Å². The molecule has 3 nitrogen and oxygen atoms in total. The van der Waals surface area contributed by atoms with Crippen molar-refractivity contribution in [2.75, 3.05) is 5.32 Å².